The monoisotopic (exact) mass is 290 g/mol. The van der Waals surface area contributed by atoms with Crippen molar-refractivity contribution in [1.29, 1.82) is 0 Å². The summed E-state index contributed by atoms with van der Waals surface area (Å²) in [6, 6.07) is 21.2. The normalized spacial score (nSPS) is 11.2. The predicted molar refractivity (Wildman–Crippen MR) is 86.8 cm³/mol. The van der Waals surface area contributed by atoms with Gasteiger partial charge in [-0.25, -0.2) is 8.78 Å². The van der Waals surface area contributed by atoms with E-state index in [1.54, 1.807) is 12.1 Å². The first-order valence-corrected chi connectivity index (χ1v) is 7.09. The van der Waals surface area contributed by atoms with Gasteiger partial charge in [0.25, 0.3) is 0 Å². The molecule has 4 rings (SSSR count). The Bertz CT molecular complexity index is 920. The summed E-state index contributed by atoms with van der Waals surface area (Å²) in [7, 11) is 0. The third-order valence-corrected chi connectivity index (χ3v) is 3.98. The van der Waals surface area contributed by atoms with E-state index in [-0.39, 0.29) is 11.6 Å². The molecule has 0 spiro atoms. The van der Waals surface area contributed by atoms with E-state index >= 15 is 0 Å². The second-order valence-electron chi connectivity index (χ2n) is 5.34. The predicted octanol–water partition coefficient (Wildman–Crippen LogP) is 5.94. The maximum absolute atomic E-state index is 13.7. The minimum Gasteiger partial charge on any atom is -0.207 e. The minimum atomic E-state index is -0.272. The number of benzene rings is 4. The first-order valence-electron chi connectivity index (χ1n) is 7.09. The Kier molecular flexibility index (Phi) is 2.90. The van der Waals surface area contributed by atoms with Gasteiger partial charge < -0.3 is 0 Å². The third kappa shape index (κ3) is 2.04. The molecule has 0 aliphatic rings. The zero-order chi connectivity index (χ0) is 15.1. The van der Waals surface area contributed by atoms with E-state index in [0.717, 1.165) is 32.7 Å². The van der Waals surface area contributed by atoms with Crippen LogP contribution < -0.4 is 0 Å². The molecule has 0 heterocycles. The van der Waals surface area contributed by atoms with Gasteiger partial charge in [-0.05, 0) is 56.9 Å². The van der Waals surface area contributed by atoms with Gasteiger partial charge in [0.1, 0.15) is 11.6 Å². The van der Waals surface area contributed by atoms with Crippen molar-refractivity contribution in [2.75, 3.05) is 0 Å². The van der Waals surface area contributed by atoms with Crippen LogP contribution >= 0.6 is 0 Å². The van der Waals surface area contributed by atoms with Crippen LogP contribution in [0.4, 0.5) is 8.78 Å². The fourth-order valence-corrected chi connectivity index (χ4v) is 2.96. The molecule has 2 heteroatoms. The van der Waals surface area contributed by atoms with Gasteiger partial charge in [0.05, 0.1) is 0 Å². The fraction of sp³-hybridized carbons (Fsp3) is 0. The molecule has 106 valence electrons. The molecule has 0 nitrogen and oxygen atoms in total. The molecule has 0 aliphatic carbocycles. The smallest absolute Gasteiger partial charge is 0.123 e. The summed E-state index contributed by atoms with van der Waals surface area (Å²) in [4.78, 5) is 0. The second-order valence-corrected chi connectivity index (χ2v) is 5.34. The van der Waals surface area contributed by atoms with Crippen LogP contribution in [0.25, 0.3) is 32.7 Å². The van der Waals surface area contributed by atoms with Crippen molar-refractivity contribution in [3.05, 3.63) is 84.4 Å². The highest BCUT2D eigenvalue weighted by Gasteiger charge is 2.09. The highest BCUT2D eigenvalue weighted by Crippen LogP contribution is 2.34. The average Bonchev–Trinajstić information content (AvgIpc) is 2.54. The molecule has 0 unspecified atom stereocenters. The van der Waals surface area contributed by atoms with Crippen molar-refractivity contribution >= 4 is 21.5 Å². The van der Waals surface area contributed by atoms with Crippen LogP contribution in [-0.2, 0) is 0 Å². The van der Waals surface area contributed by atoms with Crippen molar-refractivity contribution in [1.82, 2.24) is 0 Å². The molecular weight excluding hydrogens is 278 g/mol. The number of fused-ring (bicyclic) bond motifs is 2. The summed E-state index contributed by atoms with van der Waals surface area (Å²) in [5.41, 5.74) is 1.82. The van der Waals surface area contributed by atoms with Crippen LogP contribution in [0, 0.1) is 11.6 Å². The Morgan fingerprint density at radius 2 is 0.955 bits per heavy atom. The number of halogens is 2. The van der Waals surface area contributed by atoms with Crippen LogP contribution in [0.5, 0.6) is 0 Å². The molecule has 0 radical (unpaired) electrons. The van der Waals surface area contributed by atoms with Gasteiger partial charge in [-0.1, -0.05) is 48.5 Å². The van der Waals surface area contributed by atoms with Crippen LogP contribution in [-0.4, -0.2) is 0 Å². The maximum Gasteiger partial charge on any atom is 0.123 e. The van der Waals surface area contributed by atoms with Crippen molar-refractivity contribution < 1.29 is 8.78 Å². The minimum absolute atomic E-state index is 0.272. The maximum atomic E-state index is 13.7. The molecule has 0 N–H and O–H groups in total. The number of rotatable bonds is 1. The average molecular weight is 290 g/mol. The van der Waals surface area contributed by atoms with Gasteiger partial charge in [-0.2, -0.15) is 0 Å². The van der Waals surface area contributed by atoms with E-state index in [4.69, 9.17) is 0 Å². The van der Waals surface area contributed by atoms with Gasteiger partial charge in [0.15, 0.2) is 0 Å². The first kappa shape index (κ1) is 13.0. The standard InChI is InChI=1S/C20H12F2/c21-15-9-7-13-3-1-5-17(19(13)11-15)18-6-2-4-14-8-10-16(22)12-20(14)18/h1-12H. The quantitative estimate of drug-likeness (QED) is 0.407. The van der Waals surface area contributed by atoms with Gasteiger partial charge >= 0.3 is 0 Å². The summed E-state index contributed by atoms with van der Waals surface area (Å²) >= 11 is 0. The lowest BCUT2D eigenvalue weighted by Gasteiger charge is -2.10. The lowest BCUT2D eigenvalue weighted by atomic mass is 9.94. The molecule has 4 aromatic carbocycles. The highest BCUT2D eigenvalue weighted by molar-refractivity contribution is 6.05. The zero-order valence-corrected chi connectivity index (χ0v) is 11.7. The molecule has 0 saturated heterocycles. The molecule has 0 aromatic heterocycles. The lowest BCUT2D eigenvalue weighted by molar-refractivity contribution is 0.629. The van der Waals surface area contributed by atoms with Crippen LogP contribution in [0.1, 0.15) is 0 Å². The summed E-state index contributed by atoms with van der Waals surface area (Å²) in [6.07, 6.45) is 0. The van der Waals surface area contributed by atoms with Crippen molar-refractivity contribution in [2.24, 2.45) is 0 Å². The fourth-order valence-electron chi connectivity index (χ4n) is 2.96. The summed E-state index contributed by atoms with van der Waals surface area (Å²) in [5.74, 6) is -0.544. The molecule has 0 fully saturated rings. The van der Waals surface area contributed by atoms with Crippen LogP contribution in [0.15, 0.2) is 72.8 Å². The van der Waals surface area contributed by atoms with Gasteiger partial charge in [-0.15, -0.1) is 0 Å². The van der Waals surface area contributed by atoms with Gasteiger partial charge in [0, 0.05) is 0 Å². The molecule has 22 heavy (non-hydrogen) atoms. The second kappa shape index (κ2) is 4.92. The van der Waals surface area contributed by atoms with Crippen molar-refractivity contribution in [2.45, 2.75) is 0 Å². The van der Waals surface area contributed by atoms with Crippen molar-refractivity contribution in [3.63, 3.8) is 0 Å². The lowest BCUT2D eigenvalue weighted by Crippen LogP contribution is -1.86. The molecule has 0 aliphatic heterocycles. The van der Waals surface area contributed by atoms with E-state index < -0.39 is 0 Å². The first-order chi connectivity index (χ1) is 10.7. The van der Waals surface area contributed by atoms with Crippen molar-refractivity contribution in [3.8, 4) is 11.1 Å². The molecule has 0 bridgehead atoms. The molecule has 0 atom stereocenters. The molecular formula is C20H12F2. The zero-order valence-electron chi connectivity index (χ0n) is 11.7. The SMILES string of the molecule is Fc1ccc2cccc(-c3cccc4ccc(F)cc34)c2c1. The largest absolute Gasteiger partial charge is 0.207 e. The van der Waals surface area contributed by atoms with Gasteiger partial charge in [-0.3, -0.25) is 0 Å². The van der Waals surface area contributed by atoms with Crippen LogP contribution in [0.3, 0.4) is 0 Å². The van der Waals surface area contributed by atoms with E-state index in [2.05, 4.69) is 0 Å². The Labute approximate surface area is 126 Å². The number of hydrogen-bond acceptors (Lipinski definition) is 0. The van der Waals surface area contributed by atoms with E-state index in [1.807, 2.05) is 36.4 Å². The highest BCUT2D eigenvalue weighted by atomic mass is 19.1. The van der Waals surface area contributed by atoms with E-state index in [1.165, 1.54) is 24.3 Å². The Balaban J connectivity index is 2.11. The van der Waals surface area contributed by atoms with E-state index in [9.17, 15) is 8.78 Å². The number of hydrogen-bond donors (Lipinski definition) is 0. The van der Waals surface area contributed by atoms with E-state index in [0.29, 0.717) is 0 Å². The van der Waals surface area contributed by atoms with Gasteiger partial charge in [0.2, 0.25) is 0 Å². The summed E-state index contributed by atoms with van der Waals surface area (Å²) in [5, 5.41) is 3.60. The van der Waals surface area contributed by atoms with Crippen LogP contribution in [0.2, 0.25) is 0 Å². The molecule has 4 aromatic rings. The Morgan fingerprint density at radius 1 is 0.500 bits per heavy atom. The summed E-state index contributed by atoms with van der Waals surface area (Å²) in [6.45, 7) is 0. The Morgan fingerprint density at radius 3 is 1.41 bits per heavy atom. The third-order valence-electron chi connectivity index (χ3n) is 3.98. The molecule has 0 amide bonds. The summed E-state index contributed by atoms with van der Waals surface area (Å²) < 4.78 is 27.3. The topological polar surface area (TPSA) is 0 Å². The molecule has 0 saturated carbocycles. The Hall–Kier alpha value is -2.74.